The molecule has 0 unspecified atom stereocenters. The predicted molar refractivity (Wildman–Crippen MR) is 102 cm³/mol. The van der Waals surface area contributed by atoms with Gasteiger partial charge in [-0.25, -0.2) is 4.39 Å². The molecule has 27 heavy (non-hydrogen) atoms. The summed E-state index contributed by atoms with van der Waals surface area (Å²) in [6, 6.07) is 19.2. The van der Waals surface area contributed by atoms with E-state index in [2.05, 4.69) is 10.6 Å². The maximum absolute atomic E-state index is 13.5. The molecular formula is C21H17FN2O3. The molecule has 2 amide bonds. The van der Waals surface area contributed by atoms with Crippen molar-refractivity contribution in [2.75, 3.05) is 17.7 Å². The SMILES string of the molecule is COc1ccc(F)cc1C(=O)Nc1ccccc1NC(=O)c1ccccc1. The highest BCUT2D eigenvalue weighted by molar-refractivity contribution is 6.10. The van der Waals surface area contributed by atoms with E-state index in [9.17, 15) is 14.0 Å². The van der Waals surface area contributed by atoms with Crippen LogP contribution in [0.2, 0.25) is 0 Å². The normalized spacial score (nSPS) is 10.1. The fourth-order valence-corrected chi connectivity index (χ4v) is 2.53. The highest BCUT2D eigenvalue weighted by atomic mass is 19.1. The number of hydrogen-bond acceptors (Lipinski definition) is 3. The van der Waals surface area contributed by atoms with Crippen LogP contribution >= 0.6 is 0 Å². The number of benzene rings is 3. The van der Waals surface area contributed by atoms with Crippen molar-refractivity contribution in [1.29, 1.82) is 0 Å². The Labute approximate surface area is 155 Å². The lowest BCUT2D eigenvalue weighted by atomic mass is 10.1. The average molecular weight is 364 g/mol. The van der Waals surface area contributed by atoms with E-state index in [0.717, 1.165) is 6.07 Å². The van der Waals surface area contributed by atoms with Crippen LogP contribution in [0.15, 0.2) is 72.8 Å². The van der Waals surface area contributed by atoms with Crippen molar-refractivity contribution in [3.05, 3.63) is 89.7 Å². The smallest absolute Gasteiger partial charge is 0.259 e. The first-order chi connectivity index (χ1) is 13.1. The minimum absolute atomic E-state index is 0.0571. The number of ether oxygens (including phenoxy) is 1. The van der Waals surface area contributed by atoms with Gasteiger partial charge in [-0.05, 0) is 42.5 Å². The van der Waals surface area contributed by atoms with Crippen LogP contribution < -0.4 is 15.4 Å². The van der Waals surface area contributed by atoms with Gasteiger partial charge < -0.3 is 15.4 Å². The second-order valence-electron chi connectivity index (χ2n) is 5.66. The Balaban J connectivity index is 1.83. The van der Waals surface area contributed by atoms with Crippen molar-refractivity contribution < 1.29 is 18.7 Å². The summed E-state index contributed by atoms with van der Waals surface area (Å²) in [5.74, 6) is -1.15. The summed E-state index contributed by atoms with van der Waals surface area (Å²) in [5, 5.41) is 5.45. The molecule has 2 N–H and O–H groups in total. The van der Waals surface area contributed by atoms with Crippen LogP contribution in [-0.2, 0) is 0 Å². The Morgan fingerprint density at radius 3 is 2.04 bits per heavy atom. The minimum Gasteiger partial charge on any atom is -0.496 e. The molecule has 3 aromatic carbocycles. The number of amides is 2. The number of anilines is 2. The Morgan fingerprint density at radius 1 is 0.815 bits per heavy atom. The molecule has 0 aliphatic heterocycles. The van der Waals surface area contributed by atoms with Gasteiger partial charge in [-0.15, -0.1) is 0 Å². The molecular weight excluding hydrogens is 347 g/mol. The first-order valence-corrected chi connectivity index (χ1v) is 8.19. The van der Waals surface area contributed by atoms with Crippen LogP contribution in [0.25, 0.3) is 0 Å². The van der Waals surface area contributed by atoms with E-state index in [-0.39, 0.29) is 17.2 Å². The molecule has 0 saturated heterocycles. The molecule has 0 saturated carbocycles. The Bertz CT molecular complexity index is 974. The third kappa shape index (κ3) is 4.30. The lowest BCUT2D eigenvalue weighted by molar-refractivity contribution is 0.101. The molecule has 3 aromatic rings. The molecule has 0 fully saturated rings. The van der Waals surface area contributed by atoms with E-state index in [1.165, 1.54) is 19.2 Å². The molecule has 0 atom stereocenters. The van der Waals surface area contributed by atoms with Gasteiger partial charge in [0.15, 0.2) is 0 Å². The van der Waals surface area contributed by atoms with Crippen LogP contribution in [0.1, 0.15) is 20.7 Å². The van der Waals surface area contributed by atoms with Gasteiger partial charge in [0.25, 0.3) is 11.8 Å². The van der Waals surface area contributed by atoms with E-state index >= 15 is 0 Å². The third-order valence-corrected chi connectivity index (χ3v) is 3.87. The first-order valence-electron chi connectivity index (χ1n) is 8.19. The summed E-state index contributed by atoms with van der Waals surface area (Å²) >= 11 is 0. The van der Waals surface area contributed by atoms with E-state index in [0.29, 0.717) is 16.9 Å². The zero-order valence-electron chi connectivity index (χ0n) is 14.5. The zero-order chi connectivity index (χ0) is 19.2. The molecule has 0 aliphatic rings. The van der Waals surface area contributed by atoms with Crippen molar-refractivity contribution in [2.24, 2.45) is 0 Å². The van der Waals surface area contributed by atoms with Crippen LogP contribution in [0.4, 0.5) is 15.8 Å². The number of methoxy groups -OCH3 is 1. The molecule has 0 aliphatic carbocycles. The predicted octanol–water partition coefficient (Wildman–Crippen LogP) is 4.34. The lowest BCUT2D eigenvalue weighted by Gasteiger charge is -2.13. The standard InChI is InChI=1S/C21H17FN2O3/c1-27-19-12-11-15(22)13-16(19)21(26)24-18-10-6-5-9-17(18)23-20(25)14-7-3-2-4-8-14/h2-13H,1H3,(H,23,25)(H,24,26). The van der Waals surface area contributed by atoms with E-state index in [4.69, 9.17) is 4.74 Å². The van der Waals surface area contributed by atoms with Crippen molar-refractivity contribution in [1.82, 2.24) is 0 Å². The van der Waals surface area contributed by atoms with E-state index in [1.807, 2.05) is 6.07 Å². The molecule has 0 heterocycles. The number of halogens is 1. The maximum atomic E-state index is 13.5. The fourth-order valence-electron chi connectivity index (χ4n) is 2.53. The maximum Gasteiger partial charge on any atom is 0.259 e. The Hall–Kier alpha value is -3.67. The van der Waals surface area contributed by atoms with Crippen LogP contribution in [0.5, 0.6) is 5.75 Å². The summed E-state index contributed by atoms with van der Waals surface area (Å²) in [7, 11) is 1.40. The highest BCUT2D eigenvalue weighted by Crippen LogP contribution is 2.25. The second kappa shape index (κ2) is 8.14. The number of rotatable bonds is 5. The monoisotopic (exact) mass is 364 g/mol. The molecule has 0 bridgehead atoms. The molecule has 0 radical (unpaired) electrons. The summed E-state index contributed by atoms with van der Waals surface area (Å²) in [5.41, 5.74) is 1.36. The molecule has 6 heteroatoms. The molecule has 136 valence electrons. The summed E-state index contributed by atoms with van der Waals surface area (Å²) in [6.45, 7) is 0. The molecule has 0 spiro atoms. The van der Waals surface area contributed by atoms with Gasteiger partial charge in [-0.1, -0.05) is 30.3 Å². The zero-order valence-corrected chi connectivity index (χ0v) is 14.5. The number of para-hydroxylation sites is 2. The summed E-state index contributed by atoms with van der Waals surface area (Å²) < 4.78 is 18.6. The summed E-state index contributed by atoms with van der Waals surface area (Å²) in [4.78, 5) is 25.0. The number of nitrogens with one attached hydrogen (secondary N) is 2. The second-order valence-corrected chi connectivity index (χ2v) is 5.66. The number of carbonyl (C=O) groups excluding carboxylic acids is 2. The minimum atomic E-state index is -0.549. The number of carbonyl (C=O) groups is 2. The summed E-state index contributed by atoms with van der Waals surface area (Å²) in [6.07, 6.45) is 0. The van der Waals surface area contributed by atoms with Crippen molar-refractivity contribution in [2.45, 2.75) is 0 Å². The third-order valence-electron chi connectivity index (χ3n) is 3.87. The van der Waals surface area contributed by atoms with Crippen molar-refractivity contribution in [3.63, 3.8) is 0 Å². The van der Waals surface area contributed by atoms with Gasteiger partial charge in [-0.3, -0.25) is 9.59 Å². The lowest BCUT2D eigenvalue weighted by Crippen LogP contribution is -2.17. The molecule has 3 rings (SSSR count). The van der Waals surface area contributed by atoms with Crippen molar-refractivity contribution in [3.8, 4) is 5.75 Å². The van der Waals surface area contributed by atoms with Gasteiger partial charge in [0, 0.05) is 5.56 Å². The van der Waals surface area contributed by atoms with Gasteiger partial charge >= 0.3 is 0 Å². The van der Waals surface area contributed by atoms with Gasteiger partial charge in [0.1, 0.15) is 11.6 Å². The van der Waals surface area contributed by atoms with E-state index in [1.54, 1.807) is 48.5 Å². The topological polar surface area (TPSA) is 67.4 Å². The van der Waals surface area contributed by atoms with Gasteiger partial charge in [0.05, 0.1) is 24.0 Å². The largest absolute Gasteiger partial charge is 0.496 e. The Kier molecular flexibility index (Phi) is 5.47. The van der Waals surface area contributed by atoms with Gasteiger partial charge in [0.2, 0.25) is 0 Å². The van der Waals surface area contributed by atoms with Crippen molar-refractivity contribution >= 4 is 23.2 Å². The van der Waals surface area contributed by atoms with Crippen LogP contribution in [0, 0.1) is 5.82 Å². The first kappa shape index (κ1) is 18.1. The van der Waals surface area contributed by atoms with Crippen LogP contribution in [-0.4, -0.2) is 18.9 Å². The molecule has 5 nitrogen and oxygen atoms in total. The molecule has 0 aromatic heterocycles. The van der Waals surface area contributed by atoms with E-state index < -0.39 is 11.7 Å². The van der Waals surface area contributed by atoms with Gasteiger partial charge in [-0.2, -0.15) is 0 Å². The quantitative estimate of drug-likeness (QED) is 0.708. The number of hydrogen-bond donors (Lipinski definition) is 2. The fraction of sp³-hybridized carbons (Fsp3) is 0.0476. The Morgan fingerprint density at radius 2 is 1.41 bits per heavy atom. The highest BCUT2D eigenvalue weighted by Gasteiger charge is 2.16. The van der Waals surface area contributed by atoms with Crippen LogP contribution in [0.3, 0.4) is 0 Å². The average Bonchev–Trinajstić information content (AvgIpc) is 2.70.